The van der Waals surface area contributed by atoms with Gasteiger partial charge >= 0.3 is 0 Å². The van der Waals surface area contributed by atoms with Crippen LogP contribution in [0.25, 0.3) is 0 Å². The summed E-state index contributed by atoms with van der Waals surface area (Å²) in [5.74, 6) is 0.809. The number of ether oxygens (including phenoxy) is 1. The van der Waals surface area contributed by atoms with E-state index in [4.69, 9.17) is 16.3 Å². The zero-order valence-electron chi connectivity index (χ0n) is 9.24. The summed E-state index contributed by atoms with van der Waals surface area (Å²) in [6.07, 6.45) is 2.04. The first-order chi connectivity index (χ1) is 7.87. The Labute approximate surface area is 114 Å². The van der Waals surface area contributed by atoms with Crippen LogP contribution in [-0.4, -0.2) is 27.0 Å². The fourth-order valence-electron chi connectivity index (χ4n) is 1.89. The Morgan fingerprint density at radius 2 is 2.24 bits per heavy atom. The van der Waals surface area contributed by atoms with Crippen LogP contribution in [0.3, 0.4) is 0 Å². The predicted octanol–water partition coefficient (Wildman–Crippen LogP) is 2.76. The second kappa shape index (κ2) is 4.78. The quantitative estimate of drug-likeness (QED) is 0.795. The standard InChI is InChI=1S/C11H12BrClO3S/c1-17(14,15)6-10(12)9-5-8(13)4-7-2-3-16-11(7)9/h4-5,10H,2-3,6H2,1H3. The molecule has 0 aromatic heterocycles. The number of fused-ring (bicyclic) bond motifs is 1. The van der Waals surface area contributed by atoms with Gasteiger partial charge in [-0.1, -0.05) is 27.5 Å². The van der Waals surface area contributed by atoms with E-state index in [1.165, 1.54) is 6.26 Å². The Morgan fingerprint density at radius 1 is 1.53 bits per heavy atom. The van der Waals surface area contributed by atoms with Crippen molar-refractivity contribution in [2.24, 2.45) is 0 Å². The molecular formula is C11H12BrClO3S. The lowest BCUT2D eigenvalue weighted by Gasteiger charge is -2.13. The molecule has 17 heavy (non-hydrogen) atoms. The van der Waals surface area contributed by atoms with Gasteiger partial charge in [0.15, 0.2) is 0 Å². The minimum Gasteiger partial charge on any atom is -0.493 e. The molecule has 6 heteroatoms. The van der Waals surface area contributed by atoms with Crippen molar-refractivity contribution in [3.8, 4) is 5.75 Å². The topological polar surface area (TPSA) is 43.4 Å². The average Bonchev–Trinajstić information content (AvgIpc) is 2.60. The lowest BCUT2D eigenvalue weighted by Crippen LogP contribution is -2.09. The van der Waals surface area contributed by atoms with Gasteiger partial charge in [-0.25, -0.2) is 8.42 Å². The van der Waals surface area contributed by atoms with Crippen LogP contribution >= 0.6 is 27.5 Å². The second-order valence-corrected chi connectivity index (χ2v) is 7.87. The molecule has 1 aromatic carbocycles. The van der Waals surface area contributed by atoms with Gasteiger partial charge in [0.1, 0.15) is 15.6 Å². The number of hydrogen-bond acceptors (Lipinski definition) is 3. The molecule has 1 unspecified atom stereocenters. The fourth-order valence-corrected chi connectivity index (χ4v) is 4.63. The SMILES string of the molecule is CS(=O)(=O)CC(Br)c1cc(Cl)cc2c1OCC2. The van der Waals surface area contributed by atoms with Crippen LogP contribution in [0.15, 0.2) is 12.1 Å². The van der Waals surface area contributed by atoms with Gasteiger partial charge in [0, 0.05) is 23.3 Å². The Morgan fingerprint density at radius 3 is 2.88 bits per heavy atom. The molecule has 3 nitrogen and oxygen atoms in total. The van der Waals surface area contributed by atoms with Gasteiger partial charge in [-0.05, 0) is 17.7 Å². The number of sulfone groups is 1. The highest BCUT2D eigenvalue weighted by atomic mass is 79.9. The van der Waals surface area contributed by atoms with Crippen molar-refractivity contribution < 1.29 is 13.2 Å². The summed E-state index contributed by atoms with van der Waals surface area (Å²) < 4.78 is 28.1. The van der Waals surface area contributed by atoms with Gasteiger partial charge in [-0.3, -0.25) is 0 Å². The Bertz CT molecular complexity index is 542. The first-order valence-electron chi connectivity index (χ1n) is 5.14. The van der Waals surface area contributed by atoms with E-state index in [0.717, 1.165) is 23.3 Å². The summed E-state index contributed by atoms with van der Waals surface area (Å²) in [7, 11) is -3.05. The largest absolute Gasteiger partial charge is 0.493 e. The summed E-state index contributed by atoms with van der Waals surface area (Å²) in [4.78, 5) is -0.289. The summed E-state index contributed by atoms with van der Waals surface area (Å²) in [6, 6.07) is 3.63. The van der Waals surface area contributed by atoms with E-state index in [-0.39, 0.29) is 10.6 Å². The zero-order chi connectivity index (χ0) is 12.6. The highest BCUT2D eigenvalue weighted by molar-refractivity contribution is 9.09. The maximum atomic E-state index is 11.3. The minimum absolute atomic E-state index is 0.0309. The van der Waals surface area contributed by atoms with Gasteiger partial charge in [0.05, 0.1) is 17.2 Å². The first-order valence-corrected chi connectivity index (χ1v) is 8.49. The van der Waals surface area contributed by atoms with E-state index in [1.807, 2.05) is 6.07 Å². The van der Waals surface area contributed by atoms with Crippen molar-refractivity contribution in [2.75, 3.05) is 18.6 Å². The van der Waals surface area contributed by atoms with Crippen LogP contribution in [-0.2, 0) is 16.3 Å². The van der Waals surface area contributed by atoms with Crippen molar-refractivity contribution >= 4 is 37.4 Å². The molecule has 1 atom stereocenters. The molecule has 1 aliphatic rings. The molecule has 1 heterocycles. The molecule has 1 aliphatic heterocycles. The van der Waals surface area contributed by atoms with E-state index in [1.54, 1.807) is 6.07 Å². The van der Waals surface area contributed by atoms with E-state index >= 15 is 0 Å². The predicted molar refractivity (Wildman–Crippen MR) is 72.0 cm³/mol. The van der Waals surface area contributed by atoms with Gasteiger partial charge in [-0.15, -0.1) is 0 Å². The van der Waals surface area contributed by atoms with Crippen molar-refractivity contribution in [1.82, 2.24) is 0 Å². The lowest BCUT2D eigenvalue weighted by atomic mass is 10.1. The fraction of sp³-hybridized carbons (Fsp3) is 0.455. The van der Waals surface area contributed by atoms with Crippen molar-refractivity contribution in [2.45, 2.75) is 11.2 Å². The number of rotatable bonds is 3. The van der Waals surface area contributed by atoms with Crippen LogP contribution in [0.4, 0.5) is 0 Å². The molecule has 0 amide bonds. The molecule has 0 bridgehead atoms. The van der Waals surface area contributed by atoms with Gasteiger partial charge in [-0.2, -0.15) is 0 Å². The summed E-state index contributed by atoms with van der Waals surface area (Å²) in [5.41, 5.74) is 1.86. The molecule has 2 rings (SSSR count). The normalized spacial score (nSPS) is 16.4. The molecule has 0 saturated carbocycles. The molecule has 0 N–H and O–H groups in total. The third-order valence-corrected chi connectivity index (χ3v) is 4.97. The minimum atomic E-state index is -3.05. The summed E-state index contributed by atoms with van der Waals surface area (Å²) in [5, 5.41) is 0.613. The van der Waals surface area contributed by atoms with Crippen molar-refractivity contribution in [1.29, 1.82) is 0 Å². The van der Waals surface area contributed by atoms with Gasteiger partial charge in [0.25, 0.3) is 0 Å². The van der Waals surface area contributed by atoms with Crippen molar-refractivity contribution in [3.63, 3.8) is 0 Å². The van der Waals surface area contributed by atoms with E-state index in [0.29, 0.717) is 11.6 Å². The third-order valence-electron chi connectivity index (χ3n) is 2.56. The monoisotopic (exact) mass is 338 g/mol. The van der Waals surface area contributed by atoms with Crippen LogP contribution in [0.5, 0.6) is 5.75 Å². The summed E-state index contributed by atoms with van der Waals surface area (Å²) >= 11 is 9.41. The van der Waals surface area contributed by atoms with Crippen LogP contribution in [0, 0.1) is 0 Å². The number of halogens is 2. The molecule has 0 fully saturated rings. The first kappa shape index (κ1) is 13.2. The number of alkyl halides is 1. The second-order valence-electron chi connectivity index (χ2n) is 4.14. The van der Waals surface area contributed by atoms with Crippen LogP contribution in [0.1, 0.15) is 16.0 Å². The molecule has 0 radical (unpaired) electrons. The number of hydrogen-bond donors (Lipinski definition) is 0. The Kier molecular flexibility index (Phi) is 3.71. The van der Waals surface area contributed by atoms with E-state index in [2.05, 4.69) is 15.9 Å². The van der Waals surface area contributed by atoms with Gasteiger partial charge in [0.2, 0.25) is 0 Å². The maximum absolute atomic E-state index is 11.3. The van der Waals surface area contributed by atoms with E-state index < -0.39 is 9.84 Å². The molecule has 0 spiro atoms. The highest BCUT2D eigenvalue weighted by Gasteiger charge is 2.24. The smallest absolute Gasteiger partial charge is 0.148 e. The molecule has 0 saturated heterocycles. The molecule has 1 aromatic rings. The Hall–Kier alpha value is -0.260. The zero-order valence-corrected chi connectivity index (χ0v) is 12.4. The van der Waals surface area contributed by atoms with Crippen LogP contribution in [0.2, 0.25) is 5.02 Å². The van der Waals surface area contributed by atoms with E-state index in [9.17, 15) is 8.42 Å². The maximum Gasteiger partial charge on any atom is 0.148 e. The number of benzene rings is 1. The Balaban J connectivity index is 2.38. The molecule has 0 aliphatic carbocycles. The molecular weight excluding hydrogens is 328 g/mol. The summed E-state index contributed by atoms with van der Waals surface area (Å²) in [6.45, 7) is 0.626. The highest BCUT2D eigenvalue weighted by Crippen LogP contribution is 2.39. The molecule has 94 valence electrons. The third kappa shape index (κ3) is 3.14. The lowest BCUT2D eigenvalue weighted by molar-refractivity contribution is 0.353. The average molecular weight is 340 g/mol. The van der Waals surface area contributed by atoms with Crippen LogP contribution < -0.4 is 4.74 Å². The van der Waals surface area contributed by atoms with Gasteiger partial charge < -0.3 is 4.74 Å². The van der Waals surface area contributed by atoms with Crippen molar-refractivity contribution in [3.05, 3.63) is 28.3 Å².